The number of aryl methyl sites for hydroxylation is 2. The van der Waals surface area contributed by atoms with Crippen LogP contribution in [0.15, 0.2) is 9.90 Å². The molecule has 2 aliphatic heterocycles. The Labute approximate surface area is 157 Å². The zero-order chi connectivity index (χ0) is 18.3. The zero-order valence-electron chi connectivity index (χ0n) is 15.6. The molecule has 7 heteroatoms. The van der Waals surface area contributed by atoms with Gasteiger partial charge in [-0.25, -0.2) is 0 Å². The predicted octanol–water partition coefficient (Wildman–Crippen LogP) is 2.68. The Balaban J connectivity index is 1.41. The van der Waals surface area contributed by atoms with Crippen LogP contribution >= 0.6 is 11.3 Å². The predicted molar refractivity (Wildman–Crippen MR) is 99.4 cm³/mol. The highest BCUT2D eigenvalue weighted by Gasteiger charge is 2.34. The molecule has 1 amide bonds. The van der Waals surface area contributed by atoms with Crippen molar-refractivity contribution in [1.82, 2.24) is 15.4 Å². The van der Waals surface area contributed by atoms with Crippen molar-refractivity contribution in [2.24, 2.45) is 5.41 Å². The first-order valence-corrected chi connectivity index (χ1v) is 9.92. The van der Waals surface area contributed by atoms with Crippen molar-refractivity contribution in [3.8, 4) is 0 Å². The van der Waals surface area contributed by atoms with Crippen LogP contribution in [0.1, 0.15) is 44.7 Å². The Morgan fingerprint density at radius 2 is 2.23 bits per heavy atom. The highest BCUT2D eigenvalue weighted by Crippen LogP contribution is 2.31. The molecule has 0 atom stereocenters. The number of nitrogens with zero attached hydrogens (tertiary/aromatic N) is 2. The molecular weight excluding hydrogens is 350 g/mol. The number of fused-ring (bicyclic) bond motifs is 1. The third kappa shape index (κ3) is 3.31. The van der Waals surface area contributed by atoms with Crippen molar-refractivity contribution in [2.75, 3.05) is 26.3 Å². The Morgan fingerprint density at radius 1 is 1.42 bits per heavy atom. The van der Waals surface area contributed by atoms with Gasteiger partial charge in [-0.2, -0.15) is 0 Å². The maximum Gasteiger partial charge on any atom is 0.252 e. The maximum absolute atomic E-state index is 12.6. The standard InChI is InChI=1S/C19H25N3O3S/c1-12-15(13(2)25-21-12)6-22-5-4-14-16(8-26-17(14)7-22)18(23)20-9-19(3)10-24-11-19/h8H,4-7,9-11H2,1-3H3,(H,20,23). The average molecular weight is 375 g/mol. The van der Waals surface area contributed by atoms with E-state index in [9.17, 15) is 4.79 Å². The third-order valence-electron chi connectivity index (χ3n) is 5.41. The molecule has 2 aliphatic rings. The number of carbonyl (C=O) groups excluding carboxylic acids is 1. The summed E-state index contributed by atoms with van der Waals surface area (Å²) in [6, 6.07) is 0. The van der Waals surface area contributed by atoms with Crippen LogP contribution in [0.25, 0.3) is 0 Å². The minimum absolute atomic E-state index is 0.0507. The summed E-state index contributed by atoms with van der Waals surface area (Å²) in [4.78, 5) is 16.3. The molecule has 0 radical (unpaired) electrons. The van der Waals surface area contributed by atoms with E-state index < -0.39 is 0 Å². The molecule has 0 saturated carbocycles. The van der Waals surface area contributed by atoms with E-state index in [1.807, 2.05) is 19.2 Å². The summed E-state index contributed by atoms with van der Waals surface area (Å²) in [5.74, 6) is 0.947. The molecule has 140 valence electrons. The second-order valence-corrected chi connectivity index (χ2v) is 8.76. The molecule has 0 unspecified atom stereocenters. The fraction of sp³-hybridized carbons (Fsp3) is 0.579. The van der Waals surface area contributed by atoms with E-state index >= 15 is 0 Å². The number of amides is 1. The van der Waals surface area contributed by atoms with E-state index in [4.69, 9.17) is 9.26 Å². The molecule has 2 aromatic heterocycles. The lowest BCUT2D eigenvalue weighted by molar-refractivity contribution is -0.0978. The monoisotopic (exact) mass is 375 g/mol. The van der Waals surface area contributed by atoms with Crippen LogP contribution in [0.4, 0.5) is 0 Å². The summed E-state index contributed by atoms with van der Waals surface area (Å²) < 4.78 is 10.5. The minimum atomic E-state index is 0.0507. The zero-order valence-corrected chi connectivity index (χ0v) is 16.4. The van der Waals surface area contributed by atoms with Gasteiger partial charge in [0.2, 0.25) is 0 Å². The molecule has 1 saturated heterocycles. The lowest BCUT2D eigenvalue weighted by atomic mass is 9.88. The smallest absolute Gasteiger partial charge is 0.252 e. The summed E-state index contributed by atoms with van der Waals surface area (Å²) in [5.41, 5.74) is 4.31. The first-order valence-electron chi connectivity index (χ1n) is 9.04. The average Bonchev–Trinajstić information content (AvgIpc) is 3.16. The van der Waals surface area contributed by atoms with Crippen LogP contribution in [-0.2, 0) is 24.2 Å². The number of carbonyl (C=O) groups is 1. The van der Waals surface area contributed by atoms with E-state index in [0.717, 1.165) is 56.3 Å². The number of hydrogen-bond donors (Lipinski definition) is 1. The SMILES string of the molecule is Cc1noc(C)c1CN1CCc2c(C(=O)NCC3(C)COC3)csc2C1. The fourth-order valence-corrected chi connectivity index (χ4v) is 4.72. The summed E-state index contributed by atoms with van der Waals surface area (Å²) >= 11 is 1.69. The van der Waals surface area contributed by atoms with Crippen molar-refractivity contribution in [2.45, 2.75) is 40.3 Å². The highest BCUT2D eigenvalue weighted by molar-refractivity contribution is 7.10. The van der Waals surface area contributed by atoms with E-state index in [-0.39, 0.29) is 11.3 Å². The lowest BCUT2D eigenvalue weighted by Crippen LogP contribution is -2.48. The van der Waals surface area contributed by atoms with E-state index in [1.165, 1.54) is 16.0 Å². The van der Waals surface area contributed by atoms with Gasteiger partial charge in [0.25, 0.3) is 5.91 Å². The highest BCUT2D eigenvalue weighted by atomic mass is 32.1. The maximum atomic E-state index is 12.6. The van der Waals surface area contributed by atoms with Gasteiger partial charge in [-0.1, -0.05) is 12.1 Å². The number of nitrogens with one attached hydrogen (secondary N) is 1. The fourth-order valence-electron chi connectivity index (χ4n) is 3.60. The summed E-state index contributed by atoms with van der Waals surface area (Å²) in [7, 11) is 0. The Morgan fingerprint density at radius 3 is 2.88 bits per heavy atom. The van der Waals surface area contributed by atoms with E-state index in [0.29, 0.717) is 6.54 Å². The van der Waals surface area contributed by atoms with Gasteiger partial charge < -0.3 is 14.6 Å². The summed E-state index contributed by atoms with van der Waals surface area (Å²) in [6.07, 6.45) is 0.908. The Bertz CT molecular complexity index is 803. The second kappa shape index (κ2) is 6.79. The molecule has 2 aromatic rings. The van der Waals surface area contributed by atoms with Crippen LogP contribution < -0.4 is 5.32 Å². The van der Waals surface area contributed by atoms with Gasteiger partial charge in [-0.15, -0.1) is 11.3 Å². The van der Waals surface area contributed by atoms with Crippen LogP contribution in [0.3, 0.4) is 0 Å². The van der Waals surface area contributed by atoms with Crippen LogP contribution in [0.5, 0.6) is 0 Å². The number of thiophene rings is 1. The number of ether oxygens (including phenoxy) is 1. The first kappa shape index (κ1) is 17.7. The lowest BCUT2D eigenvalue weighted by Gasteiger charge is -2.38. The number of aromatic nitrogens is 1. The largest absolute Gasteiger partial charge is 0.380 e. The normalized spacial score (nSPS) is 19.0. The summed E-state index contributed by atoms with van der Waals surface area (Å²) in [6.45, 7) is 10.9. The van der Waals surface area contributed by atoms with Crippen molar-refractivity contribution in [3.63, 3.8) is 0 Å². The molecule has 1 N–H and O–H groups in total. The number of rotatable bonds is 5. The summed E-state index contributed by atoms with van der Waals surface area (Å²) in [5, 5.41) is 9.15. The molecule has 4 heterocycles. The quantitative estimate of drug-likeness (QED) is 0.870. The first-order chi connectivity index (χ1) is 12.5. The third-order valence-corrected chi connectivity index (χ3v) is 6.42. The molecule has 0 bridgehead atoms. The molecule has 0 spiro atoms. The van der Waals surface area contributed by atoms with Gasteiger partial charge in [-0.05, 0) is 25.8 Å². The van der Waals surface area contributed by atoms with Crippen molar-refractivity contribution >= 4 is 17.2 Å². The van der Waals surface area contributed by atoms with E-state index in [1.54, 1.807) is 11.3 Å². The molecule has 0 aliphatic carbocycles. The molecule has 6 nitrogen and oxygen atoms in total. The van der Waals surface area contributed by atoms with Crippen molar-refractivity contribution < 1.29 is 14.1 Å². The van der Waals surface area contributed by atoms with Gasteiger partial charge >= 0.3 is 0 Å². The Hall–Kier alpha value is -1.70. The molecule has 1 fully saturated rings. The number of hydrogen-bond acceptors (Lipinski definition) is 6. The van der Waals surface area contributed by atoms with Crippen LogP contribution in [-0.4, -0.2) is 42.3 Å². The van der Waals surface area contributed by atoms with Gasteiger partial charge in [0.1, 0.15) is 5.76 Å². The van der Waals surface area contributed by atoms with Crippen LogP contribution in [0.2, 0.25) is 0 Å². The van der Waals surface area contributed by atoms with E-state index in [2.05, 4.69) is 22.3 Å². The molecule has 26 heavy (non-hydrogen) atoms. The van der Waals surface area contributed by atoms with Crippen molar-refractivity contribution in [3.05, 3.63) is 38.4 Å². The van der Waals surface area contributed by atoms with Gasteiger partial charge in [0.05, 0.1) is 24.5 Å². The van der Waals surface area contributed by atoms with Crippen molar-refractivity contribution in [1.29, 1.82) is 0 Å². The van der Waals surface area contributed by atoms with Gasteiger partial charge in [0, 0.05) is 47.4 Å². The minimum Gasteiger partial charge on any atom is -0.380 e. The van der Waals surface area contributed by atoms with Crippen LogP contribution in [0, 0.1) is 19.3 Å². The second-order valence-electron chi connectivity index (χ2n) is 7.80. The molecule has 4 rings (SSSR count). The van der Waals surface area contributed by atoms with Gasteiger partial charge in [0.15, 0.2) is 0 Å². The topological polar surface area (TPSA) is 67.6 Å². The molecular formula is C19H25N3O3S. The molecule has 0 aromatic carbocycles. The van der Waals surface area contributed by atoms with Gasteiger partial charge in [-0.3, -0.25) is 9.69 Å². The Kier molecular flexibility index (Phi) is 4.62.